The fourth-order valence-corrected chi connectivity index (χ4v) is 3.43. The molecule has 2 unspecified atom stereocenters. The summed E-state index contributed by atoms with van der Waals surface area (Å²) in [6.07, 6.45) is 5.31. The predicted octanol–water partition coefficient (Wildman–Crippen LogP) is 4.20. The summed E-state index contributed by atoms with van der Waals surface area (Å²) in [7, 11) is 2.19. The highest BCUT2D eigenvalue weighted by molar-refractivity contribution is 5.67. The van der Waals surface area contributed by atoms with Crippen LogP contribution in [-0.4, -0.2) is 36.7 Å². The molecule has 1 aromatic rings. The normalized spacial score (nSPS) is 19.9. The van der Waals surface area contributed by atoms with Gasteiger partial charge in [-0.3, -0.25) is 0 Å². The number of nitrogens with zero attached hydrogens (tertiary/aromatic N) is 1. The van der Waals surface area contributed by atoms with Gasteiger partial charge < -0.3 is 15.0 Å². The maximum atomic E-state index is 12.2. The molecule has 134 valence electrons. The van der Waals surface area contributed by atoms with Crippen molar-refractivity contribution in [3.63, 3.8) is 0 Å². The Balaban J connectivity index is 1.84. The Hall–Kier alpha value is -1.55. The Bertz CT molecular complexity index is 490. The van der Waals surface area contributed by atoms with Gasteiger partial charge in [0.05, 0.1) is 0 Å². The molecule has 4 heteroatoms. The van der Waals surface area contributed by atoms with Gasteiger partial charge in [-0.2, -0.15) is 0 Å². The number of piperidine rings is 1. The third-order valence-electron chi connectivity index (χ3n) is 4.74. The fraction of sp³-hybridized carbons (Fsp3) is 0.650. The largest absolute Gasteiger partial charge is 0.446 e. The van der Waals surface area contributed by atoms with Gasteiger partial charge in [0.1, 0.15) is 6.10 Å². The van der Waals surface area contributed by atoms with Gasteiger partial charge in [0.25, 0.3) is 0 Å². The molecule has 1 fully saturated rings. The molecule has 0 saturated carbocycles. The molecule has 24 heavy (non-hydrogen) atoms. The van der Waals surface area contributed by atoms with E-state index in [2.05, 4.69) is 31.1 Å². The van der Waals surface area contributed by atoms with E-state index in [1.54, 1.807) is 0 Å². The lowest BCUT2D eigenvalue weighted by Gasteiger charge is -2.35. The van der Waals surface area contributed by atoms with Crippen molar-refractivity contribution in [2.24, 2.45) is 5.92 Å². The third-order valence-corrected chi connectivity index (χ3v) is 4.74. The van der Waals surface area contributed by atoms with Crippen LogP contribution in [0.1, 0.15) is 51.5 Å². The zero-order valence-corrected chi connectivity index (χ0v) is 15.3. The minimum atomic E-state index is -0.303. The summed E-state index contributed by atoms with van der Waals surface area (Å²) < 4.78 is 5.76. The summed E-state index contributed by atoms with van der Waals surface area (Å²) in [4.78, 5) is 14.6. The molecule has 1 N–H and O–H groups in total. The van der Waals surface area contributed by atoms with Crippen molar-refractivity contribution in [2.45, 2.75) is 64.6 Å². The zero-order valence-electron chi connectivity index (χ0n) is 15.3. The Kier molecular flexibility index (Phi) is 7.57. The summed E-state index contributed by atoms with van der Waals surface area (Å²) in [6, 6.07) is 10.5. The third kappa shape index (κ3) is 6.52. The monoisotopic (exact) mass is 332 g/mol. The van der Waals surface area contributed by atoms with Crippen LogP contribution in [0.5, 0.6) is 0 Å². The number of likely N-dealkylation sites (tertiary alicyclic amines) is 1. The number of ether oxygens (including phenoxy) is 1. The van der Waals surface area contributed by atoms with Crippen LogP contribution in [0.25, 0.3) is 0 Å². The number of hydrogen-bond donors (Lipinski definition) is 1. The van der Waals surface area contributed by atoms with E-state index in [-0.39, 0.29) is 12.2 Å². The van der Waals surface area contributed by atoms with Crippen molar-refractivity contribution >= 4 is 6.09 Å². The highest BCUT2D eigenvalue weighted by Crippen LogP contribution is 2.23. The van der Waals surface area contributed by atoms with E-state index in [1.807, 2.05) is 30.3 Å². The molecule has 1 aliphatic rings. The van der Waals surface area contributed by atoms with Crippen LogP contribution in [0.15, 0.2) is 30.3 Å². The van der Waals surface area contributed by atoms with Gasteiger partial charge in [-0.1, -0.05) is 50.6 Å². The topological polar surface area (TPSA) is 41.6 Å². The Morgan fingerprint density at radius 2 is 2.04 bits per heavy atom. The van der Waals surface area contributed by atoms with Crippen molar-refractivity contribution in [1.29, 1.82) is 0 Å². The second-order valence-corrected chi connectivity index (χ2v) is 7.36. The molecule has 1 aromatic carbocycles. The summed E-state index contributed by atoms with van der Waals surface area (Å²) in [5, 5.41) is 2.88. The number of rotatable bonds is 7. The molecule has 0 radical (unpaired) electrons. The highest BCUT2D eigenvalue weighted by atomic mass is 16.6. The first-order chi connectivity index (χ1) is 11.5. The van der Waals surface area contributed by atoms with Gasteiger partial charge >= 0.3 is 6.09 Å². The second kappa shape index (κ2) is 9.67. The van der Waals surface area contributed by atoms with E-state index in [1.165, 1.54) is 19.3 Å². The molecular weight excluding hydrogens is 300 g/mol. The first kappa shape index (κ1) is 18.8. The number of nitrogens with one attached hydrogen (secondary N) is 1. The molecular formula is C20H32N2O2. The first-order valence-electron chi connectivity index (χ1n) is 9.23. The van der Waals surface area contributed by atoms with Crippen molar-refractivity contribution in [2.75, 3.05) is 13.6 Å². The molecule has 4 nitrogen and oxygen atoms in total. The van der Waals surface area contributed by atoms with Crippen molar-refractivity contribution < 1.29 is 9.53 Å². The van der Waals surface area contributed by atoms with Gasteiger partial charge in [0.15, 0.2) is 0 Å². The molecule has 1 amide bonds. The van der Waals surface area contributed by atoms with Gasteiger partial charge in [-0.25, -0.2) is 4.79 Å². The van der Waals surface area contributed by atoms with Crippen LogP contribution >= 0.6 is 0 Å². The number of benzene rings is 1. The van der Waals surface area contributed by atoms with Crippen LogP contribution in [0, 0.1) is 5.92 Å². The Morgan fingerprint density at radius 3 is 2.71 bits per heavy atom. The van der Waals surface area contributed by atoms with Crippen molar-refractivity contribution in [3.05, 3.63) is 35.9 Å². The number of carbonyl (C=O) groups excluding carboxylic acids is 1. The zero-order chi connectivity index (χ0) is 17.4. The molecule has 1 saturated heterocycles. The smallest absolute Gasteiger partial charge is 0.407 e. The molecule has 0 bridgehead atoms. The Labute approximate surface area is 146 Å². The number of carbonyl (C=O) groups is 1. The molecule has 1 heterocycles. The maximum Gasteiger partial charge on any atom is 0.407 e. The minimum Gasteiger partial charge on any atom is -0.446 e. The summed E-state index contributed by atoms with van der Waals surface area (Å²) in [6.45, 7) is 6.03. The molecule has 0 aliphatic carbocycles. The van der Waals surface area contributed by atoms with E-state index in [9.17, 15) is 4.79 Å². The summed E-state index contributed by atoms with van der Waals surface area (Å²) in [5.74, 6) is 0.519. The van der Waals surface area contributed by atoms with E-state index in [0.29, 0.717) is 18.5 Å². The number of amides is 1. The van der Waals surface area contributed by atoms with E-state index in [4.69, 9.17) is 4.74 Å². The van der Waals surface area contributed by atoms with Gasteiger partial charge in [-0.15, -0.1) is 0 Å². The minimum absolute atomic E-state index is 0.00803. The van der Waals surface area contributed by atoms with Crippen LogP contribution in [0.3, 0.4) is 0 Å². The van der Waals surface area contributed by atoms with E-state index < -0.39 is 0 Å². The molecule has 1 aliphatic heterocycles. The second-order valence-electron chi connectivity index (χ2n) is 7.36. The quantitative estimate of drug-likeness (QED) is 0.813. The number of alkyl carbamates (subject to hydrolysis) is 1. The maximum absolute atomic E-state index is 12.2. The van der Waals surface area contributed by atoms with Crippen LogP contribution in [0.4, 0.5) is 4.79 Å². The van der Waals surface area contributed by atoms with Crippen molar-refractivity contribution in [1.82, 2.24) is 10.2 Å². The summed E-state index contributed by atoms with van der Waals surface area (Å²) >= 11 is 0. The molecule has 0 spiro atoms. The van der Waals surface area contributed by atoms with Gasteiger partial charge in [0, 0.05) is 19.0 Å². The van der Waals surface area contributed by atoms with Gasteiger partial charge in [0.2, 0.25) is 0 Å². The lowest BCUT2D eigenvalue weighted by Crippen LogP contribution is -2.40. The van der Waals surface area contributed by atoms with Crippen molar-refractivity contribution in [3.8, 4) is 0 Å². The van der Waals surface area contributed by atoms with Gasteiger partial charge in [-0.05, 0) is 44.3 Å². The Morgan fingerprint density at radius 1 is 1.29 bits per heavy atom. The van der Waals surface area contributed by atoms with E-state index >= 15 is 0 Å². The first-order valence-corrected chi connectivity index (χ1v) is 9.23. The fourth-order valence-electron chi connectivity index (χ4n) is 3.43. The van der Waals surface area contributed by atoms with Crippen LogP contribution in [0.2, 0.25) is 0 Å². The number of hydrogen-bond acceptors (Lipinski definition) is 3. The average Bonchev–Trinajstić information content (AvgIpc) is 2.55. The SMILES string of the molecule is CC(C)CC(CC1CCCCN1C)OC(=O)NCc1ccccc1. The average molecular weight is 332 g/mol. The predicted molar refractivity (Wildman–Crippen MR) is 97.9 cm³/mol. The lowest BCUT2D eigenvalue weighted by molar-refractivity contribution is 0.0516. The van der Waals surface area contributed by atoms with Crippen LogP contribution in [-0.2, 0) is 11.3 Å². The van der Waals surface area contributed by atoms with Crippen LogP contribution < -0.4 is 5.32 Å². The molecule has 0 aromatic heterocycles. The highest BCUT2D eigenvalue weighted by Gasteiger charge is 2.25. The summed E-state index contributed by atoms with van der Waals surface area (Å²) in [5.41, 5.74) is 1.09. The lowest BCUT2D eigenvalue weighted by atomic mass is 9.94. The molecule has 2 rings (SSSR count). The van der Waals surface area contributed by atoms with E-state index in [0.717, 1.165) is 24.9 Å². The molecule has 2 atom stereocenters. The standard InChI is InChI=1S/C20H32N2O2/c1-16(2)13-19(14-18-11-7-8-12-22(18)3)24-20(23)21-15-17-9-5-4-6-10-17/h4-6,9-10,16,18-19H,7-8,11-15H2,1-3H3,(H,21,23).